The van der Waals surface area contributed by atoms with Gasteiger partial charge in [0.25, 0.3) is 0 Å². The SMILES string of the molecule is CC(C)CN1CC(C(=O)O)CN(C)CC1C. The molecule has 1 aliphatic heterocycles. The lowest BCUT2D eigenvalue weighted by atomic mass is 10.1. The number of carboxylic acids is 1. The quantitative estimate of drug-likeness (QED) is 0.782. The van der Waals surface area contributed by atoms with E-state index in [1.54, 1.807) is 0 Å². The van der Waals surface area contributed by atoms with Crippen LogP contribution in [0.25, 0.3) is 0 Å². The Balaban J connectivity index is 2.70. The summed E-state index contributed by atoms with van der Waals surface area (Å²) in [5.74, 6) is -0.344. The third-order valence-electron chi connectivity index (χ3n) is 3.14. The molecule has 1 fully saturated rings. The highest BCUT2D eigenvalue weighted by Crippen LogP contribution is 2.15. The van der Waals surface area contributed by atoms with Gasteiger partial charge in [0.2, 0.25) is 0 Å². The first-order valence-corrected chi connectivity index (χ1v) is 6.05. The number of nitrogens with zero attached hydrogens (tertiary/aromatic N) is 2. The van der Waals surface area contributed by atoms with Crippen molar-refractivity contribution >= 4 is 5.97 Å². The van der Waals surface area contributed by atoms with Crippen LogP contribution in [-0.4, -0.2) is 60.1 Å². The summed E-state index contributed by atoms with van der Waals surface area (Å²) in [6.07, 6.45) is 0. The molecule has 1 N–H and O–H groups in total. The highest BCUT2D eigenvalue weighted by molar-refractivity contribution is 5.70. The second-order valence-corrected chi connectivity index (χ2v) is 5.45. The molecule has 0 aromatic carbocycles. The molecule has 2 atom stereocenters. The Labute approximate surface area is 98.2 Å². The van der Waals surface area contributed by atoms with E-state index in [0.717, 1.165) is 13.1 Å². The molecule has 1 heterocycles. The van der Waals surface area contributed by atoms with Crippen molar-refractivity contribution in [3.63, 3.8) is 0 Å². The van der Waals surface area contributed by atoms with Crippen molar-refractivity contribution < 1.29 is 9.90 Å². The van der Waals surface area contributed by atoms with E-state index in [0.29, 0.717) is 25.0 Å². The highest BCUT2D eigenvalue weighted by Gasteiger charge is 2.29. The van der Waals surface area contributed by atoms with E-state index in [4.69, 9.17) is 5.11 Å². The van der Waals surface area contributed by atoms with Crippen LogP contribution in [0.15, 0.2) is 0 Å². The molecular formula is C12H24N2O2. The summed E-state index contributed by atoms with van der Waals surface area (Å²) in [6, 6.07) is 0.441. The van der Waals surface area contributed by atoms with Crippen molar-refractivity contribution in [3.05, 3.63) is 0 Å². The molecule has 0 amide bonds. The lowest BCUT2D eigenvalue weighted by Crippen LogP contribution is -2.41. The van der Waals surface area contributed by atoms with Crippen LogP contribution in [-0.2, 0) is 4.79 Å². The Morgan fingerprint density at radius 1 is 1.38 bits per heavy atom. The molecule has 4 heteroatoms. The minimum absolute atomic E-state index is 0.256. The molecule has 0 radical (unpaired) electrons. The largest absolute Gasteiger partial charge is 0.481 e. The summed E-state index contributed by atoms with van der Waals surface area (Å²) in [5, 5.41) is 9.17. The summed E-state index contributed by atoms with van der Waals surface area (Å²) in [7, 11) is 2.01. The number of hydrogen-bond acceptors (Lipinski definition) is 3. The van der Waals surface area contributed by atoms with Crippen LogP contribution in [0.3, 0.4) is 0 Å². The lowest BCUT2D eigenvalue weighted by Gasteiger charge is -2.29. The maximum atomic E-state index is 11.1. The summed E-state index contributed by atoms with van der Waals surface area (Å²) < 4.78 is 0. The first-order valence-electron chi connectivity index (χ1n) is 6.05. The number of aliphatic carboxylic acids is 1. The van der Waals surface area contributed by atoms with E-state index < -0.39 is 5.97 Å². The molecule has 4 nitrogen and oxygen atoms in total. The van der Waals surface area contributed by atoms with Crippen LogP contribution in [0, 0.1) is 11.8 Å². The van der Waals surface area contributed by atoms with Crippen LogP contribution in [0.4, 0.5) is 0 Å². The molecule has 0 aliphatic carbocycles. The van der Waals surface area contributed by atoms with Crippen molar-refractivity contribution in [1.29, 1.82) is 0 Å². The number of carbonyl (C=O) groups is 1. The average Bonchev–Trinajstić information content (AvgIpc) is 2.25. The van der Waals surface area contributed by atoms with Gasteiger partial charge in [-0.25, -0.2) is 0 Å². The van der Waals surface area contributed by atoms with Gasteiger partial charge in [-0.05, 0) is 19.9 Å². The van der Waals surface area contributed by atoms with Crippen LogP contribution in [0.2, 0.25) is 0 Å². The Morgan fingerprint density at radius 2 is 2.00 bits per heavy atom. The van der Waals surface area contributed by atoms with Crippen molar-refractivity contribution in [3.8, 4) is 0 Å². The third-order valence-corrected chi connectivity index (χ3v) is 3.14. The predicted molar refractivity (Wildman–Crippen MR) is 64.5 cm³/mol. The maximum absolute atomic E-state index is 11.1. The third kappa shape index (κ3) is 3.76. The smallest absolute Gasteiger partial charge is 0.309 e. The number of hydrogen-bond donors (Lipinski definition) is 1. The van der Waals surface area contributed by atoms with E-state index in [2.05, 4.69) is 30.6 Å². The van der Waals surface area contributed by atoms with E-state index in [-0.39, 0.29) is 5.92 Å². The van der Waals surface area contributed by atoms with Gasteiger partial charge >= 0.3 is 5.97 Å². The molecule has 1 saturated heterocycles. The zero-order valence-corrected chi connectivity index (χ0v) is 10.8. The van der Waals surface area contributed by atoms with Crippen molar-refractivity contribution in [1.82, 2.24) is 9.80 Å². The molecule has 16 heavy (non-hydrogen) atoms. The van der Waals surface area contributed by atoms with Crippen LogP contribution < -0.4 is 0 Å². The molecule has 94 valence electrons. The molecule has 0 aromatic heterocycles. The lowest BCUT2D eigenvalue weighted by molar-refractivity contribution is -0.142. The van der Waals surface area contributed by atoms with Gasteiger partial charge < -0.3 is 10.0 Å². The fourth-order valence-corrected chi connectivity index (χ4v) is 2.42. The maximum Gasteiger partial charge on any atom is 0.309 e. The second kappa shape index (κ2) is 5.64. The van der Waals surface area contributed by atoms with Gasteiger partial charge in [-0.2, -0.15) is 0 Å². The molecule has 0 saturated carbocycles. The molecular weight excluding hydrogens is 204 g/mol. The Bertz CT molecular complexity index is 243. The fourth-order valence-electron chi connectivity index (χ4n) is 2.42. The Kier molecular flexibility index (Phi) is 4.74. The van der Waals surface area contributed by atoms with Gasteiger partial charge in [-0.3, -0.25) is 9.69 Å². The van der Waals surface area contributed by atoms with Gasteiger partial charge in [0, 0.05) is 32.2 Å². The van der Waals surface area contributed by atoms with Gasteiger partial charge in [-0.1, -0.05) is 13.8 Å². The van der Waals surface area contributed by atoms with E-state index in [1.165, 1.54) is 0 Å². The van der Waals surface area contributed by atoms with Gasteiger partial charge in [0.1, 0.15) is 0 Å². The normalized spacial score (nSPS) is 29.3. The summed E-state index contributed by atoms with van der Waals surface area (Å²) in [5.41, 5.74) is 0. The molecule has 2 unspecified atom stereocenters. The van der Waals surface area contributed by atoms with Gasteiger partial charge in [-0.15, -0.1) is 0 Å². The van der Waals surface area contributed by atoms with E-state index in [9.17, 15) is 4.79 Å². The van der Waals surface area contributed by atoms with E-state index in [1.807, 2.05) is 7.05 Å². The Hall–Kier alpha value is -0.610. The zero-order valence-electron chi connectivity index (χ0n) is 10.8. The van der Waals surface area contributed by atoms with Crippen molar-refractivity contribution in [2.24, 2.45) is 11.8 Å². The van der Waals surface area contributed by atoms with Crippen molar-refractivity contribution in [2.75, 3.05) is 33.2 Å². The van der Waals surface area contributed by atoms with Crippen LogP contribution >= 0.6 is 0 Å². The first-order chi connectivity index (χ1) is 7.40. The number of carboxylic acid groups (broad SMARTS) is 1. The number of rotatable bonds is 3. The monoisotopic (exact) mass is 228 g/mol. The fraction of sp³-hybridized carbons (Fsp3) is 0.917. The molecule has 1 rings (SSSR count). The summed E-state index contributed by atoms with van der Waals surface area (Å²) >= 11 is 0. The summed E-state index contributed by atoms with van der Waals surface area (Å²) in [6.45, 7) is 9.82. The van der Waals surface area contributed by atoms with Crippen molar-refractivity contribution in [2.45, 2.75) is 26.8 Å². The number of likely N-dealkylation sites (N-methyl/N-ethyl adjacent to an activating group) is 1. The molecule has 0 spiro atoms. The summed E-state index contributed by atoms with van der Waals surface area (Å²) in [4.78, 5) is 15.6. The minimum Gasteiger partial charge on any atom is -0.481 e. The molecule has 0 aromatic rings. The topological polar surface area (TPSA) is 43.8 Å². The van der Waals surface area contributed by atoms with Crippen LogP contribution in [0.5, 0.6) is 0 Å². The van der Waals surface area contributed by atoms with Gasteiger partial charge in [0.15, 0.2) is 0 Å². The predicted octanol–water partition coefficient (Wildman–Crippen LogP) is 0.979. The Morgan fingerprint density at radius 3 is 2.50 bits per heavy atom. The minimum atomic E-state index is -0.672. The van der Waals surface area contributed by atoms with E-state index >= 15 is 0 Å². The van der Waals surface area contributed by atoms with Crippen LogP contribution in [0.1, 0.15) is 20.8 Å². The standard InChI is InChI=1S/C12H24N2O2/c1-9(2)5-14-8-11(12(15)16)7-13(4)6-10(14)3/h9-11H,5-8H2,1-4H3,(H,15,16). The first kappa shape index (κ1) is 13.5. The van der Waals surface area contributed by atoms with Gasteiger partial charge in [0.05, 0.1) is 5.92 Å². The molecule has 0 bridgehead atoms. The highest BCUT2D eigenvalue weighted by atomic mass is 16.4. The zero-order chi connectivity index (χ0) is 12.3. The average molecular weight is 228 g/mol. The second-order valence-electron chi connectivity index (χ2n) is 5.45. The molecule has 1 aliphatic rings.